The summed E-state index contributed by atoms with van der Waals surface area (Å²) in [6, 6.07) is 3.96. The average Bonchev–Trinajstić information content (AvgIpc) is 2.35. The summed E-state index contributed by atoms with van der Waals surface area (Å²) in [6.07, 6.45) is 0. The number of nitro groups is 1. The van der Waals surface area contributed by atoms with Gasteiger partial charge in [0.2, 0.25) is 5.91 Å². The Labute approximate surface area is 116 Å². The zero-order valence-corrected chi connectivity index (χ0v) is 11.6. The molecule has 0 aliphatic heterocycles. The van der Waals surface area contributed by atoms with Gasteiger partial charge in [-0.2, -0.15) is 0 Å². The van der Waals surface area contributed by atoms with Crippen molar-refractivity contribution in [2.45, 2.75) is 20.8 Å². The normalized spacial score (nSPS) is 10.9. The van der Waals surface area contributed by atoms with Crippen LogP contribution in [0.1, 0.15) is 31.1 Å². The van der Waals surface area contributed by atoms with Crippen LogP contribution < -0.4 is 11.1 Å². The van der Waals surface area contributed by atoms with Gasteiger partial charge in [-0.15, -0.1) is 0 Å². The largest absolute Gasteiger partial charge is 0.383 e. The molecule has 0 aliphatic rings. The van der Waals surface area contributed by atoms with Crippen molar-refractivity contribution < 1.29 is 14.5 Å². The van der Waals surface area contributed by atoms with Gasteiger partial charge in [-0.05, 0) is 26.8 Å². The van der Waals surface area contributed by atoms with Crippen LogP contribution in [0.15, 0.2) is 18.2 Å². The molecule has 0 unspecified atom stereocenters. The summed E-state index contributed by atoms with van der Waals surface area (Å²) in [5.74, 6) is -0.774. The number of rotatable bonds is 6. The number of ketones is 1. The zero-order valence-electron chi connectivity index (χ0n) is 11.6. The number of nitrogens with one attached hydrogen (secondary N) is 1. The lowest BCUT2D eigenvalue weighted by Crippen LogP contribution is -2.37. The number of carbonyl (C=O) groups is 2. The van der Waals surface area contributed by atoms with E-state index < -0.39 is 16.2 Å². The van der Waals surface area contributed by atoms with E-state index in [2.05, 4.69) is 5.32 Å². The van der Waals surface area contributed by atoms with Crippen LogP contribution in [-0.2, 0) is 4.79 Å². The highest BCUT2D eigenvalue weighted by atomic mass is 16.6. The Morgan fingerprint density at radius 2 is 2.00 bits per heavy atom. The minimum absolute atomic E-state index is 0.157. The lowest BCUT2D eigenvalue weighted by Gasteiger charge is -2.22. The molecule has 0 saturated heterocycles. The van der Waals surface area contributed by atoms with E-state index in [1.165, 1.54) is 25.1 Å². The third-order valence-corrected chi connectivity index (χ3v) is 2.98. The number of carbonyl (C=O) groups excluding carboxylic acids is 2. The van der Waals surface area contributed by atoms with Gasteiger partial charge in [0.1, 0.15) is 0 Å². The first-order valence-corrected chi connectivity index (χ1v) is 5.98. The summed E-state index contributed by atoms with van der Waals surface area (Å²) in [5.41, 5.74) is 4.96. The van der Waals surface area contributed by atoms with Gasteiger partial charge in [-0.3, -0.25) is 19.7 Å². The monoisotopic (exact) mass is 279 g/mol. The van der Waals surface area contributed by atoms with Crippen molar-refractivity contribution in [2.24, 2.45) is 11.1 Å². The number of primary amides is 1. The maximum Gasteiger partial charge on any atom is 0.270 e. The van der Waals surface area contributed by atoms with Gasteiger partial charge in [-0.1, -0.05) is 0 Å². The number of nitrogens with two attached hydrogens (primary N) is 1. The smallest absolute Gasteiger partial charge is 0.270 e. The number of nitrogens with zero attached hydrogens (tertiary/aromatic N) is 1. The highest BCUT2D eigenvalue weighted by molar-refractivity contribution is 6.00. The summed E-state index contributed by atoms with van der Waals surface area (Å²) in [4.78, 5) is 32.9. The predicted octanol–water partition coefficient (Wildman–Crippen LogP) is 1.72. The van der Waals surface area contributed by atoms with Crippen molar-refractivity contribution in [3.8, 4) is 0 Å². The molecule has 108 valence electrons. The summed E-state index contributed by atoms with van der Waals surface area (Å²) in [7, 11) is 0. The zero-order chi connectivity index (χ0) is 15.5. The number of Topliss-reactive ketones (excluding diaryl/α,β-unsaturated/α-hetero) is 1. The molecule has 0 bridgehead atoms. The number of amides is 1. The van der Waals surface area contributed by atoms with E-state index >= 15 is 0 Å². The van der Waals surface area contributed by atoms with E-state index in [4.69, 9.17) is 5.73 Å². The van der Waals surface area contributed by atoms with E-state index in [1.807, 2.05) is 0 Å². The fourth-order valence-corrected chi connectivity index (χ4v) is 1.49. The lowest BCUT2D eigenvalue weighted by atomic mass is 9.92. The second kappa shape index (κ2) is 5.68. The first-order valence-electron chi connectivity index (χ1n) is 5.98. The van der Waals surface area contributed by atoms with Crippen LogP contribution in [0.25, 0.3) is 0 Å². The Morgan fingerprint density at radius 1 is 1.40 bits per heavy atom. The molecule has 0 saturated carbocycles. The molecule has 1 aromatic rings. The van der Waals surface area contributed by atoms with Crippen LogP contribution in [0.5, 0.6) is 0 Å². The van der Waals surface area contributed by atoms with Gasteiger partial charge in [0.05, 0.1) is 10.3 Å². The molecule has 0 aliphatic carbocycles. The van der Waals surface area contributed by atoms with Crippen molar-refractivity contribution in [3.63, 3.8) is 0 Å². The molecule has 0 heterocycles. The molecule has 0 fully saturated rings. The highest BCUT2D eigenvalue weighted by Crippen LogP contribution is 2.24. The van der Waals surface area contributed by atoms with Crippen molar-refractivity contribution in [2.75, 3.05) is 11.9 Å². The maximum absolute atomic E-state index is 11.5. The van der Waals surface area contributed by atoms with E-state index in [0.717, 1.165) is 0 Å². The van der Waals surface area contributed by atoms with Crippen LogP contribution in [0.2, 0.25) is 0 Å². The number of anilines is 1. The molecule has 1 aromatic carbocycles. The topological polar surface area (TPSA) is 115 Å². The Hall–Kier alpha value is -2.44. The number of benzene rings is 1. The van der Waals surface area contributed by atoms with E-state index in [0.29, 0.717) is 5.69 Å². The summed E-state index contributed by atoms with van der Waals surface area (Å²) >= 11 is 0. The van der Waals surface area contributed by atoms with Crippen molar-refractivity contribution in [3.05, 3.63) is 33.9 Å². The van der Waals surface area contributed by atoms with E-state index in [9.17, 15) is 19.7 Å². The van der Waals surface area contributed by atoms with Crippen LogP contribution in [0, 0.1) is 15.5 Å². The van der Waals surface area contributed by atoms with Gasteiger partial charge < -0.3 is 11.1 Å². The van der Waals surface area contributed by atoms with E-state index in [1.54, 1.807) is 13.8 Å². The highest BCUT2D eigenvalue weighted by Gasteiger charge is 2.25. The van der Waals surface area contributed by atoms with E-state index in [-0.39, 0.29) is 23.6 Å². The van der Waals surface area contributed by atoms with Crippen LogP contribution in [-0.4, -0.2) is 23.2 Å². The van der Waals surface area contributed by atoms with Gasteiger partial charge in [0.15, 0.2) is 5.78 Å². The molecular formula is C13H17N3O4. The number of hydrogen-bond donors (Lipinski definition) is 2. The van der Waals surface area contributed by atoms with Gasteiger partial charge >= 0.3 is 0 Å². The average molecular weight is 279 g/mol. The molecule has 0 atom stereocenters. The van der Waals surface area contributed by atoms with Crippen LogP contribution in [0.4, 0.5) is 11.4 Å². The number of hydrogen-bond acceptors (Lipinski definition) is 5. The van der Waals surface area contributed by atoms with Gasteiger partial charge in [0, 0.05) is 29.9 Å². The summed E-state index contributed by atoms with van der Waals surface area (Å²) in [5, 5.41) is 13.6. The summed E-state index contributed by atoms with van der Waals surface area (Å²) < 4.78 is 0. The minimum atomic E-state index is -0.796. The molecule has 0 aromatic heterocycles. The quantitative estimate of drug-likeness (QED) is 0.467. The minimum Gasteiger partial charge on any atom is -0.383 e. The fourth-order valence-electron chi connectivity index (χ4n) is 1.49. The molecule has 7 nitrogen and oxygen atoms in total. The Morgan fingerprint density at radius 3 is 2.45 bits per heavy atom. The Kier molecular flexibility index (Phi) is 4.44. The van der Waals surface area contributed by atoms with Crippen molar-refractivity contribution in [1.29, 1.82) is 0 Å². The predicted molar refractivity (Wildman–Crippen MR) is 74.6 cm³/mol. The molecule has 0 spiro atoms. The summed E-state index contributed by atoms with van der Waals surface area (Å²) in [6.45, 7) is 4.88. The molecule has 3 N–H and O–H groups in total. The standard InChI is InChI=1S/C13H17N3O4/c1-8(17)10-6-9(16(19)20)4-5-11(10)15-7-13(2,3)12(14)18/h4-6,15H,7H2,1-3H3,(H2,14,18). The van der Waals surface area contributed by atoms with Crippen molar-refractivity contribution >= 4 is 23.1 Å². The molecule has 1 amide bonds. The number of non-ortho nitro benzene ring substituents is 1. The first-order chi connectivity index (χ1) is 9.15. The molecule has 0 radical (unpaired) electrons. The lowest BCUT2D eigenvalue weighted by molar-refractivity contribution is -0.384. The first kappa shape index (κ1) is 15.6. The van der Waals surface area contributed by atoms with Crippen molar-refractivity contribution in [1.82, 2.24) is 0 Å². The third kappa shape index (κ3) is 3.53. The maximum atomic E-state index is 11.5. The molecular weight excluding hydrogens is 262 g/mol. The van der Waals surface area contributed by atoms with Gasteiger partial charge in [0.25, 0.3) is 5.69 Å². The Balaban J connectivity index is 3.04. The third-order valence-electron chi connectivity index (χ3n) is 2.98. The molecule has 7 heteroatoms. The van der Waals surface area contributed by atoms with Gasteiger partial charge in [-0.25, -0.2) is 0 Å². The molecule has 1 rings (SSSR count). The second-order valence-electron chi connectivity index (χ2n) is 5.14. The fraction of sp³-hybridized carbons (Fsp3) is 0.385. The molecule has 20 heavy (non-hydrogen) atoms. The Bertz CT molecular complexity index is 567. The number of nitro benzene ring substituents is 1. The second-order valence-corrected chi connectivity index (χ2v) is 5.14. The van der Waals surface area contributed by atoms with Crippen LogP contribution in [0.3, 0.4) is 0 Å². The van der Waals surface area contributed by atoms with Crippen LogP contribution >= 0.6 is 0 Å². The SMILES string of the molecule is CC(=O)c1cc([N+](=O)[O-])ccc1NCC(C)(C)C(N)=O.